The van der Waals surface area contributed by atoms with E-state index in [-0.39, 0.29) is 25.7 Å². The number of nitrogens with two attached hydrogens (primary N) is 1. The Bertz CT molecular complexity index is 287. The van der Waals surface area contributed by atoms with E-state index < -0.39 is 24.3 Å². The summed E-state index contributed by atoms with van der Waals surface area (Å²) in [6.45, 7) is -0.347. The highest BCUT2D eigenvalue weighted by Crippen LogP contribution is 2.12. The van der Waals surface area contributed by atoms with Gasteiger partial charge >= 0.3 is 5.97 Å². The maximum atomic E-state index is 9.92. The fraction of sp³-hybridized carbons (Fsp3) is 0.778. The minimum atomic E-state index is -0.993. The lowest BCUT2D eigenvalue weighted by Crippen LogP contribution is -2.36. The van der Waals surface area contributed by atoms with E-state index in [0.717, 1.165) is 4.90 Å². The SMILES string of the molecule is CN(CC(=O)O)C(=N)N.OC[C@H]1OC[C@H](O)[C@@H]1O. The van der Waals surface area contributed by atoms with Crippen LogP contribution in [-0.4, -0.2) is 82.4 Å². The first kappa shape index (κ1) is 16.6. The van der Waals surface area contributed by atoms with Crippen LogP contribution in [0.5, 0.6) is 0 Å². The number of hydrogen-bond donors (Lipinski definition) is 6. The highest BCUT2D eigenvalue weighted by Gasteiger charge is 2.33. The number of ether oxygens (including phenoxy) is 1. The number of nitrogens with one attached hydrogen (secondary N) is 1. The lowest BCUT2D eigenvalue weighted by Gasteiger charge is -2.12. The molecule has 7 N–H and O–H groups in total. The third-order valence-electron chi connectivity index (χ3n) is 2.22. The van der Waals surface area contributed by atoms with E-state index in [9.17, 15) is 4.79 Å². The number of likely N-dealkylation sites (N-methyl/N-ethyl adjacent to an activating group) is 1. The third kappa shape index (κ3) is 5.77. The second kappa shape index (κ2) is 7.82. The van der Waals surface area contributed by atoms with Crippen molar-refractivity contribution in [1.29, 1.82) is 5.41 Å². The van der Waals surface area contributed by atoms with Crippen molar-refractivity contribution in [2.75, 3.05) is 26.8 Å². The molecule has 9 heteroatoms. The summed E-state index contributed by atoms with van der Waals surface area (Å²) < 4.78 is 4.78. The molecule has 1 aliphatic rings. The van der Waals surface area contributed by atoms with Gasteiger partial charge in [0, 0.05) is 7.05 Å². The van der Waals surface area contributed by atoms with E-state index in [0.29, 0.717) is 0 Å². The highest BCUT2D eigenvalue weighted by molar-refractivity contribution is 5.79. The van der Waals surface area contributed by atoms with Crippen LogP contribution >= 0.6 is 0 Å². The Morgan fingerprint density at radius 1 is 1.56 bits per heavy atom. The second-order valence-corrected chi connectivity index (χ2v) is 3.75. The summed E-state index contributed by atoms with van der Waals surface area (Å²) in [6, 6.07) is 0. The molecular weight excluding hydrogens is 246 g/mol. The van der Waals surface area contributed by atoms with Gasteiger partial charge in [0.25, 0.3) is 0 Å². The van der Waals surface area contributed by atoms with Crippen LogP contribution in [0, 0.1) is 5.41 Å². The number of carboxylic acid groups (broad SMARTS) is 1. The van der Waals surface area contributed by atoms with Crippen LogP contribution in [0.4, 0.5) is 0 Å². The maximum Gasteiger partial charge on any atom is 0.323 e. The summed E-state index contributed by atoms with van der Waals surface area (Å²) in [7, 11) is 1.44. The molecule has 0 aromatic rings. The van der Waals surface area contributed by atoms with Crippen molar-refractivity contribution in [2.45, 2.75) is 18.3 Å². The van der Waals surface area contributed by atoms with Gasteiger partial charge in [-0.15, -0.1) is 0 Å². The summed E-state index contributed by atoms with van der Waals surface area (Å²) in [5.41, 5.74) is 4.93. The average Bonchev–Trinajstić information content (AvgIpc) is 2.59. The minimum absolute atomic E-state index is 0.117. The Morgan fingerprint density at radius 2 is 2.11 bits per heavy atom. The van der Waals surface area contributed by atoms with Gasteiger partial charge in [0.15, 0.2) is 5.96 Å². The van der Waals surface area contributed by atoms with Crippen molar-refractivity contribution in [1.82, 2.24) is 4.90 Å². The fourth-order valence-electron chi connectivity index (χ4n) is 1.12. The van der Waals surface area contributed by atoms with Gasteiger partial charge < -0.3 is 35.8 Å². The molecule has 0 radical (unpaired) electrons. The summed E-state index contributed by atoms with van der Waals surface area (Å²) in [4.78, 5) is 11.0. The number of guanidine groups is 1. The molecule has 3 atom stereocenters. The van der Waals surface area contributed by atoms with Crippen LogP contribution in [0.3, 0.4) is 0 Å². The average molecular weight is 265 g/mol. The number of hydrogen-bond acceptors (Lipinski definition) is 6. The summed E-state index contributed by atoms with van der Waals surface area (Å²) in [5, 5.41) is 41.1. The molecule has 0 aliphatic carbocycles. The van der Waals surface area contributed by atoms with Gasteiger partial charge in [-0.05, 0) is 0 Å². The first-order chi connectivity index (χ1) is 8.29. The summed E-state index contributed by atoms with van der Waals surface area (Å²) in [5.74, 6) is -1.23. The quantitative estimate of drug-likeness (QED) is 0.232. The first-order valence-corrected chi connectivity index (χ1v) is 5.15. The van der Waals surface area contributed by atoms with Crippen molar-refractivity contribution >= 4 is 11.9 Å². The Kier molecular flexibility index (Phi) is 7.20. The van der Waals surface area contributed by atoms with Crippen LogP contribution in [-0.2, 0) is 9.53 Å². The molecule has 1 heterocycles. The Labute approximate surface area is 104 Å². The maximum absolute atomic E-state index is 9.92. The predicted octanol–water partition coefficient (Wildman–Crippen LogP) is -3.00. The van der Waals surface area contributed by atoms with Gasteiger partial charge in [0.1, 0.15) is 24.9 Å². The summed E-state index contributed by atoms with van der Waals surface area (Å²) >= 11 is 0. The van der Waals surface area contributed by atoms with Crippen molar-refractivity contribution in [3.8, 4) is 0 Å². The molecule has 0 spiro atoms. The molecule has 1 fully saturated rings. The van der Waals surface area contributed by atoms with Gasteiger partial charge in [-0.1, -0.05) is 0 Å². The lowest BCUT2D eigenvalue weighted by molar-refractivity contribution is -0.137. The number of carbonyl (C=O) groups is 1. The van der Waals surface area contributed by atoms with E-state index in [1.807, 2.05) is 0 Å². The van der Waals surface area contributed by atoms with Crippen LogP contribution in [0.2, 0.25) is 0 Å². The standard InChI is InChI=1S/C5H10O4.C4H9N3O2/c6-1-4-5(8)3(7)2-9-4;1-7(4(5)6)2-3(8)9/h3-8H,1-2H2;2H2,1H3,(H3,5,6)(H,8,9)/t3-,4+,5-;/m0./s1. The van der Waals surface area contributed by atoms with E-state index in [1.165, 1.54) is 7.05 Å². The van der Waals surface area contributed by atoms with Crippen LogP contribution in [0.1, 0.15) is 0 Å². The predicted molar refractivity (Wildman–Crippen MR) is 61.0 cm³/mol. The molecule has 0 aromatic carbocycles. The molecule has 1 saturated heterocycles. The smallest absolute Gasteiger partial charge is 0.323 e. The number of rotatable bonds is 3. The molecular formula is C9H19N3O6. The minimum Gasteiger partial charge on any atom is -0.480 e. The third-order valence-corrected chi connectivity index (χ3v) is 2.22. The second-order valence-electron chi connectivity index (χ2n) is 3.75. The van der Waals surface area contributed by atoms with E-state index in [4.69, 9.17) is 36.3 Å². The summed E-state index contributed by atoms with van der Waals surface area (Å²) in [6.07, 6.45) is -2.35. The van der Waals surface area contributed by atoms with Crippen LogP contribution in [0.15, 0.2) is 0 Å². The zero-order chi connectivity index (χ0) is 14.3. The lowest BCUT2D eigenvalue weighted by atomic mass is 10.2. The van der Waals surface area contributed by atoms with Crippen LogP contribution < -0.4 is 5.73 Å². The number of carboxylic acids is 1. The largest absolute Gasteiger partial charge is 0.480 e. The van der Waals surface area contributed by atoms with Gasteiger partial charge in [0.2, 0.25) is 0 Å². The molecule has 0 unspecified atom stereocenters. The van der Waals surface area contributed by atoms with Gasteiger partial charge in [-0.2, -0.15) is 0 Å². The monoisotopic (exact) mass is 265 g/mol. The number of aliphatic hydroxyl groups excluding tert-OH is 3. The molecule has 0 saturated carbocycles. The van der Waals surface area contributed by atoms with Gasteiger partial charge in [-0.25, -0.2) is 0 Å². The molecule has 18 heavy (non-hydrogen) atoms. The molecule has 0 amide bonds. The van der Waals surface area contributed by atoms with Crippen molar-refractivity contribution in [2.24, 2.45) is 5.73 Å². The molecule has 1 rings (SSSR count). The Hall–Kier alpha value is -1.42. The molecule has 106 valence electrons. The fourth-order valence-corrected chi connectivity index (χ4v) is 1.12. The number of nitrogens with zero attached hydrogens (tertiary/aromatic N) is 1. The van der Waals surface area contributed by atoms with Gasteiger partial charge in [-0.3, -0.25) is 10.2 Å². The first-order valence-electron chi connectivity index (χ1n) is 5.15. The Balaban J connectivity index is 0.000000321. The molecule has 9 nitrogen and oxygen atoms in total. The topological polar surface area (TPSA) is 160 Å². The van der Waals surface area contributed by atoms with E-state index >= 15 is 0 Å². The Morgan fingerprint density at radius 3 is 2.28 bits per heavy atom. The molecule has 0 bridgehead atoms. The van der Waals surface area contributed by atoms with E-state index in [2.05, 4.69) is 0 Å². The van der Waals surface area contributed by atoms with Crippen LogP contribution in [0.25, 0.3) is 0 Å². The van der Waals surface area contributed by atoms with E-state index in [1.54, 1.807) is 0 Å². The van der Waals surface area contributed by atoms with Crippen molar-refractivity contribution < 1.29 is 30.0 Å². The van der Waals surface area contributed by atoms with Crippen molar-refractivity contribution in [3.63, 3.8) is 0 Å². The van der Waals surface area contributed by atoms with Gasteiger partial charge in [0.05, 0.1) is 13.2 Å². The molecule has 0 aromatic heterocycles. The van der Waals surface area contributed by atoms with Crippen molar-refractivity contribution in [3.05, 3.63) is 0 Å². The zero-order valence-corrected chi connectivity index (χ0v) is 9.98. The zero-order valence-electron chi connectivity index (χ0n) is 9.98. The highest BCUT2D eigenvalue weighted by atomic mass is 16.5. The normalized spacial score (nSPS) is 26.1. The number of aliphatic hydroxyl groups is 3. The number of aliphatic carboxylic acids is 1. The molecule has 1 aliphatic heterocycles.